The Morgan fingerprint density at radius 1 is 1.21 bits per heavy atom. The number of aryl methyl sites for hydroxylation is 2. The largest absolute Gasteiger partial charge is 0.360 e. The highest BCUT2D eigenvalue weighted by atomic mass is 35.5. The third-order valence-electron chi connectivity index (χ3n) is 4.07. The first kappa shape index (κ1) is 16.3. The van der Waals surface area contributed by atoms with Gasteiger partial charge in [-0.05, 0) is 42.7 Å². The van der Waals surface area contributed by atoms with E-state index in [0.717, 1.165) is 23.1 Å². The smallest absolute Gasteiger partial charge is 0.296 e. The van der Waals surface area contributed by atoms with Crippen molar-refractivity contribution in [2.75, 3.05) is 5.32 Å². The number of aromatic nitrogens is 1. The molecule has 24 heavy (non-hydrogen) atoms. The predicted octanol–water partition coefficient (Wildman–Crippen LogP) is 4.51. The molecule has 0 saturated carbocycles. The Hall–Kier alpha value is -2.59. The molecule has 3 rings (SSSR count). The third-order valence-corrected chi connectivity index (χ3v) is 4.31. The Morgan fingerprint density at radius 2 is 2.00 bits per heavy atom. The molecule has 1 amide bonds. The lowest BCUT2D eigenvalue weighted by Gasteiger charge is -2.12. The van der Waals surface area contributed by atoms with Crippen molar-refractivity contribution in [3.63, 3.8) is 0 Å². The minimum atomic E-state index is -0.653. The monoisotopic (exact) mass is 340 g/mol. The zero-order chi connectivity index (χ0) is 17.3. The Labute approximate surface area is 144 Å². The van der Waals surface area contributed by atoms with Crippen LogP contribution in [0.5, 0.6) is 0 Å². The fourth-order valence-electron chi connectivity index (χ4n) is 2.78. The molecule has 0 bridgehead atoms. The van der Waals surface area contributed by atoms with Crippen LogP contribution in [0.3, 0.4) is 0 Å². The molecule has 0 aliphatic rings. The van der Waals surface area contributed by atoms with Gasteiger partial charge in [0.25, 0.3) is 11.7 Å². The van der Waals surface area contributed by atoms with Crippen molar-refractivity contribution in [3.8, 4) is 0 Å². The van der Waals surface area contributed by atoms with Crippen LogP contribution in [0, 0.1) is 6.92 Å². The summed E-state index contributed by atoms with van der Waals surface area (Å²) in [6.07, 6.45) is 2.32. The highest BCUT2D eigenvalue weighted by Gasteiger charge is 2.21. The average Bonchev–Trinajstić information content (AvgIpc) is 2.98. The number of rotatable bonds is 4. The van der Waals surface area contributed by atoms with Gasteiger partial charge in [-0.1, -0.05) is 36.7 Å². The van der Waals surface area contributed by atoms with E-state index in [0.29, 0.717) is 21.7 Å². The highest BCUT2D eigenvalue weighted by Crippen LogP contribution is 2.24. The first-order valence-corrected chi connectivity index (χ1v) is 8.10. The summed E-state index contributed by atoms with van der Waals surface area (Å²) in [5, 5.41) is 3.92. The summed E-state index contributed by atoms with van der Waals surface area (Å²) >= 11 is 6.00. The van der Waals surface area contributed by atoms with E-state index >= 15 is 0 Å². The van der Waals surface area contributed by atoms with Crippen LogP contribution < -0.4 is 5.32 Å². The molecule has 0 aliphatic carbocycles. The van der Waals surface area contributed by atoms with Crippen LogP contribution in [-0.2, 0) is 11.2 Å². The normalized spacial score (nSPS) is 10.8. The molecule has 0 unspecified atom stereocenters. The van der Waals surface area contributed by atoms with E-state index in [2.05, 4.69) is 10.3 Å². The molecule has 0 aliphatic heterocycles. The van der Waals surface area contributed by atoms with Gasteiger partial charge in [0.2, 0.25) is 0 Å². The Balaban J connectivity index is 1.93. The average molecular weight is 341 g/mol. The molecule has 1 heterocycles. The van der Waals surface area contributed by atoms with Gasteiger partial charge in [0.1, 0.15) is 0 Å². The Kier molecular flexibility index (Phi) is 4.40. The molecule has 4 nitrogen and oxygen atoms in total. The number of hydrogen-bond acceptors (Lipinski definition) is 2. The minimum absolute atomic E-state index is 0.316. The summed E-state index contributed by atoms with van der Waals surface area (Å²) in [7, 11) is 0. The number of carbonyl (C=O) groups excluding carboxylic acids is 2. The molecule has 0 fully saturated rings. The van der Waals surface area contributed by atoms with Gasteiger partial charge in [-0.25, -0.2) is 0 Å². The highest BCUT2D eigenvalue weighted by molar-refractivity contribution is 6.48. The number of ketones is 1. The summed E-state index contributed by atoms with van der Waals surface area (Å²) in [5.41, 5.74) is 3.71. The summed E-state index contributed by atoms with van der Waals surface area (Å²) in [4.78, 5) is 28.0. The molecule has 0 spiro atoms. The second kappa shape index (κ2) is 6.49. The number of H-pyrrole nitrogens is 1. The summed E-state index contributed by atoms with van der Waals surface area (Å²) < 4.78 is 0. The maximum Gasteiger partial charge on any atom is 0.296 e. The fourth-order valence-corrected chi connectivity index (χ4v) is 2.95. The van der Waals surface area contributed by atoms with Crippen molar-refractivity contribution in [1.82, 2.24) is 4.98 Å². The van der Waals surface area contributed by atoms with E-state index in [1.165, 1.54) is 0 Å². The van der Waals surface area contributed by atoms with Crippen LogP contribution in [0.4, 0.5) is 5.69 Å². The second-order valence-electron chi connectivity index (χ2n) is 5.64. The van der Waals surface area contributed by atoms with Crippen molar-refractivity contribution >= 4 is 39.9 Å². The van der Waals surface area contributed by atoms with Gasteiger partial charge in [0.15, 0.2) is 0 Å². The summed E-state index contributed by atoms with van der Waals surface area (Å²) in [5.74, 6) is -1.24. The molecular formula is C19H17ClN2O2. The number of anilines is 1. The van der Waals surface area contributed by atoms with Gasteiger partial charge >= 0.3 is 0 Å². The molecular weight excluding hydrogens is 324 g/mol. The van der Waals surface area contributed by atoms with Gasteiger partial charge in [0.05, 0.1) is 5.56 Å². The molecule has 2 aromatic carbocycles. The quantitative estimate of drug-likeness (QED) is 0.542. The zero-order valence-corrected chi connectivity index (χ0v) is 14.2. The molecule has 2 N–H and O–H groups in total. The first-order valence-electron chi connectivity index (χ1n) is 7.72. The van der Waals surface area contributed by atoms with Gasteiger partial charge < -0.3 is 10.3 Å². The van der Waals surface area contributed by atoms with E-state index in [1.807, 2.05) is 32.0 Å². The van der Waals surface area contributed by atoms with Crippen LogP contribution >= 0.6 is 11.6 Å². The number of hydrogen-bond donors (Lipinski definition) is 2. The maximum atomic E-state index is 12.6. The van der Waals surface area contributed by atoms with Crippen LogP contribution in [0.1, 0.15) is 28.4 Å². The number of benzene rings is 2. The lowest BCUT2D eigenvalue weighted by Crippen LogP contribution is -2.23. The second-order valence-corrected chi connectivity index (χ2v) is 6.07. The minimum Gasteiger partial charge on any atom is -0.360 e. The van der Waals surface area contributed by atoms with Crippen molar-refractivity contribution < 1.29 is 9.59 Å². The zero-order valence-electron chi connectivity index (χ0n) is 13.4. The Morgan fingerprint density at radius 3 is 2.75 bits per heavy atom. The van der Waals surface area contributed by atoms with Crippen LogP contribution in [0.2, 0.25) is 5.02 Å². The number of fused-ring (bicyclic) bond motifs is 1. The van der Waals surface area contributed by atoms with E-state index in [9.17, 15) is 9.59 Å². The van der Waals surface area contributed by atoms with Gasteiger partial charge in [-0.2, -0.15) is 0 Å². The van der Waals surface area contributed by atoms with E-state index < -0.39 is 11.7 Å². The molecule has 0 radical (unpaired) electrons. The van der Waals surface area contributed by atoms with Crippen molar-refractivity contribution in [3.05, 3.63) is 64.3 Å². The van der Waals surface area contributed by atoms with Crippen LogP contribution in [-0.4, -0.2) is 16.7 Å². The van der Waals surface area contributed by atoms with Crippen molar-refractivity contribution in [2.24, 2.45) is 0 Å². The predicted molar refractivity (Wildman–Crippen MR) is 96.8 cm³/mol. The summed E-state index contributed by atoms with van der Waals surface area (Å²) in [6, 6.07) is 11.0. The van der Waals surface area contributed by atoms with Gasteiger partial charge in [0, 0.05) is 27.8 Å². The molecule has 122 valence electrons. The SMILES string of the molecule is CCc1cccc(C)c1NC(=O)C(=O)c1c[nH]c2ccc(Cl)cc12. The third kappa shape index (κ3) is 2.93. The number of halogens is 1. The fraction of sp³-hybridized carbons (Fsp3) is 0.158. The lowest BCUT2D eigenvalue weighted by molar-refractivity contribution is -0.112. The Bertz CT molecular complexity index is 944. The number of nitrogens with one attached hydrogen (secondary N) is 2. The topological polar surface area (TPSA) is 62.0 Å². The number of para-hydroxylation sites is 1. The standard InChI is InChI=1S/C19H17ClN2O2/c1-3-12-6-4-5-11(2)17(12)22-19(24)18(23)15-10-21-16-8-7-13(20)9-14(15)16/h4-10,21H,3H2,1-2H3,(H,22,24). The first-order chi connectivity index (χ1) is 11.5. The van der Waals surface area contributed by atoms with Gasteiger partial charge in [-0.3, -0.25) is 9.59 Å². The number of Topliss-reactive ketones (excluding diaryl/α,β-unsaturated/α-hetero) is 1. The lowest BCUT2D eigenvalue weighted by atomic mass is 10.0. The molecule has 1 aromatic heterocycles. The molecule has 0 saturated heterocycles. The number of aromatic amines is 1. The van der Waals surface area contributed by atoms with Gasteiger partial charge in [-0.15, -0.1) is 0 Å². The molecule has 3 aromatic rings. The van der Waals surface area contributed by atoms with E-state index in [1.54, 1.807) is 24.4 Å². The maximum absolute atomic E-state index is 12.6. The van der Waals surface area contributed by atoms with Crippen LogP contribution in [0.15, 0.2) is 42.6 Å². The molecule has 5 heteroatoms. The van der Waals surface area contributed by atoms with Crippen molar-refractivity contribution in [2.45, 2.75) is 20.3 Å². The van der Waals surface area contributed by atoms with E-state index in [4.69, 9.17) is 11.6 Å². The van der Waals surface area contributed by atoms with Crippen LogP contribution in [0.25, 0.3) is 10.9 Å². The summed E-state index contributed by atoms with van der Waals surface area (Å²) in [6.45, 7) is 3.92. The van der Waals surface area contributed by atoms with E-state index in [-0.39, 0.29) is 0 Å². The number of amides is 1. The number of carbonyl (C=O) groups is 2. The molecule has 0 atom stereocenters. The van der Waals surface area contributed by atoms with Crippen molar-refractivity contribution in [1.29, 1.82) is 0 Å².